The lowest BCUT2D eigenvalue weighted by Gasteiger charge is -2.07. The predicted molar refractivity (Wildman–Crippen MR) is 80.8 cm³/mol. The quantitative estimate of drug-likeness (QED) is 0.727. The summed E-state index contributed by atoms with van der Waals surface area (Å²) >= 11 is 0. The Morgan fingerprint density at radius 1 is 1.10 bits per heavy atom. The number of aromatic amines is 1. The SMILES string of the molecule is CCOCc1ccc(CNc2ncnc3nc[nH]c23)cc1. The molecule has 1 aromatic carbocycles. The minimum atomic E-state index is 0.658. The van der Waals surface area contributed by atoms with Gasteiger partial charge in [-0.15, -0.1) is 0 Å². The molecule has 2 N–H and O–H groups in total. The molecule has 21 heavy (non-hydrogen) atoms. The molecule has 2 heterocycles. The predicted octanol–water partition coefficient (Wildman–Crippen LogP) is 2.50. The Labute approximate surface area is 122 Å². The van der Waals surface area contributed by atoms with Crippen LogP contribution in [0.4, 0.5) is 5.82 Å². The van der Waals surface area contributed by atoms with Crippen molar-refractivity contribution in [1.29, 1.82) is 0 Å². The molecule has 2 aromatic heterocycles. The number of H-pyrrole nitrogens is 1. The Balaban J connectivity index is 1.66. The number of rotatable bonds is 6. The number of aromatic nitrogens is 4. The van der Waals surface area contributed by atoms with E-state index in [1.807, 2.05) is 6.92 Å². The van der Waals surface area contributed by atoms with E-state index < -0.39 is 0 Å². The van der Waals surface area contributed by atoms with E-state index in [9.17, 15) is 0 Å². The minimum absolute atomic E-state index is 0.658. The third kappa shape index (κ3) is 3.17. The van der Waals surface area contributed by atoms with Gasteiger partial charge < -0.3 is 15.0 Å². The summed E-state index contributed by atoms with van der Waals surface area (Å²) < 4.78 is 5.38. The monoisotopic (exact) mass is 283 g/mol. The van der Waals surface area contributed by atoms with Gasteiger partial charge in [-0.3, -0.25) is 0 Å². The maximum Gasteiger partial charge on any atom is 0.182 e. The van der Waals surface area contributed by atoms with Crippen LogP contribution in [0.3, 0.4) is 0 Å². The van der Waals surface area contributed by atoms with Gasteiger partial charge in [0.05, 0.1) is 12.9 Å². The van der Waals surface area contributed by atoms with Gasteiger partial charge in [0.15, 0.2) is 11.5 Å². The van der Waals surface area contributed by atoms with Crippen LogP contribution in [0.1, 0.15) is 18.1 Å². The van der Waals surface area contributed by atoms with Crippen LogP contribution >= 0.6 is 0 Å². The number of hydrogen-bond acceptors (Lipinski definition) is 5. The normalized spacial score (nSPS) is 10.9. The lowest BCUT2D eigenvalue weighted by atomic mass is 10.1. The van der Waals surface area contributed by atoms with Gasteiger partial charge in [0.1, 0.15) is 11.8 Å². The van der Waals surface area contributed by atoms with Crippen molar-refractivity contribution in [2.75, 3.05) is 11.9 Å². The van der Waals surface area contributed by atoms with Crippen molar-refractivity contribution in [2.24, 2.45) is 0 Å². The highest BCUT2D eigenvalue weighted by Crippen LogP contribution is 2.15. The number of hydrogen-bond donors (Lipinski definition) is 2. The molecule has 0 aliphatic carbocycles. The summed E-state index contributed by atoms with van der Waals surface area (Å²) in [5, 5.41) is 3.30. The lowest BCUT2D eigenvalue weighted by Crippen LogP contribution is -2.03. The first-order valence-corrected chi connectivity index (χ1v) is 6.90. The number of nitrogens with zero attached hydrogens (tertiary/aromatic N) is 3. The van der Waals surface area contributed by atoms with E-state index in [0.717, 1.165) is 17.9 Å². The summed E-state index contributed by atoms with van der Waals surface area (Å²) in [7, 11) is 0. The summed E-state index contributed by atoms with van der Waals surface area (Å²) in [6, 6.07) is 8.34. The molecule has 0 fully saturated rings. The number of imidazole rings is 1. The van der Waals surface area contributed by atoms with Crippen molar-refractivity contribution >= 4 is 17.0 Å². The van der Waals surface area contributed by atoms with E-state index in [4.69, 9.17) is 4.74 Å². The molecule has 0 bridgehead atoms. The first kappa shape index (κ1) is 13.5. The molecule has 0 amide bonds. The highest BCUT2D eigenvalue weighted by Gasteiger charge is 2.05. The topological polar surface area (TPSA) is 75.7 Å². The summed E-state index contributed by atoms with van der Waals surface area (Å²) in [6.07, 6.45) is 3.13. The second kappa shape index (κ2) is 6.32. The highest BCUT2D eigenvalue weighted by molar-refractivity contribution is 5.81. The molecule has 0 atom stereocenters. The van der Waals surface area contributed by atoms with Crippen LogP contribution in [0.2, 0.25) is 0 Å². The van der Waals surface area contributed by atoms with Gasteiger partial charge in [-0.2, -0.15) is 0 Å². The highest BCUT2D eigenvalue weighted by atomic mass is 16.5. The van der Waals surface area contributed by atoms with Crippen molar-refractivity contribution in [2.45, 2.75) is 20.1 Å². The van der Waals surface area contributed by atoms with Gasteiger partial charge in [-0.05, 0) is 18.1 Å². The standard InChI is InChI=1S/C15H17N5O/c1-2-21-8-12-5-3-11(4-6-12)7-16-14-13-15(18-9-17-13)20-10-19-14/h3-6,9-10H,2,7-8H2,1H3,(H2,16,17,18,19,20). The Bertz CT molecular complexity index is 707. The average molecular weight is 283 g/mol. The molecular formula is C15H17N5O. The molecule has 108 valence electrons. The molecule has 0 saturated carbocycles. The number of benzene rings is 1. The van der Waals surface area contributed by atoms with Crippen molar-refractivity contribution in [3.8, 4) is 0 Å². The second-order valence-electron chi connectivity index (χ2n) is 4.63. The van der Waals surface area contributed by atoms with E-state index in [2.05, 4.69) is 49.5 Å². The molecule has 0 radical (unpaired) electrons. The first-order valence-electron chi connectivity index (χ1n) is 6.90. The minimum Gasteiger partial charge on any atom is -0.377 e. The van der Waals surface area contributed by atoms with Crippen LogP contribution in [-0.2, 0) is 17.9 Å². The van der Waals surface area contributed by atoms with E-state index in [1.165, 1.54) is 17.5 Å². The Hall–Kier alpha value is -2.47. The largest absolute Gasteiger partial charge is 0.377 e. The van der Waals surface area contributed by atoms with Gasteiger partial charge >= 0.3 is 0 Å². The fourth-order valence-electron chi connectivity index (χ4n) is 2.06. The first-order chi connectivity index (χ1) is 10.4. The Morgan fingerprint density at radius 3 is 2.71 bits per heavy atom. The van der Waals surface area contributed by atoms with Crippen molar-refractivity contribution in [1.82, 2.24) is 19.9 Å². The van der Waals surface area contributed by atoms with E-state index in [-0.39, 0.29) is 0 Å². The van der Waals surface area contributed by atoms with Gasteiger partial charge in [0.25, 0.3) is 0 Å². The van der Waals surface area contributed by atoms with Crippen LogP contribution in [-0.4, -0.2) is 26.5 Å². The molecule has 0 aliphatic rings. The molecule has 3 rings (SSSR count). The maximum atomic E-state index is 5.38. The van der Waals surface area contributed by atoms with Crippen molar-refractivity contribution < 1.29 is 4.74 Å². The van der Waals surface area contributed by atoms with Gasteiger partial charge in [0.2, 0.25) is 0 Å². The Morgan fingerprint density at radius 2 is 1.90 bits per heavy atom. The molecule has 0 aliphatic heterocycles. The second-order valence-corrected chi connectivity index (χ2v) is 4.63. The van der Waals surface area contributed by atoms with E-state index in [0.29, 0.717) is 18.8 Å². The van der Waals surface area contributed by atoms with Crippen molar-refractivity contribution in [3.05, 3.63) is 48.0 Å². The summed E-state index contributed by atoms with van der Waals surface area (Å²) in [5.74, 6) is 0.760. The smallest absolute Gasteiger partial charge is 0.182 e. The Kier molecular flexibility index (Phi) is 4.07. The molecule has 6 heteroatoms. The van der Waals surface area contributed by atoms with Crippen LogP contribution in [0.15, 0.2) is 36.9 Å². The van der Waals surface area contributed by atoms with Crippen molar-refractivity contribution in [3.63, 3.8) is 0 Å². The number of nitrogens with one attached hydrogen (secondary N) is 2. The number of anilines is 1. The zero-order valence-corrected chi connectivity index (χ0v) is 11.8. The summed E-state index contributed by atoms with van der Waals surface area (Å²) in [5.41, 5.74) is 3.85. The third-order valence-electron chi connectivity index (χ3n) is 3.18. The van der Waals surface area contributed by atoms with Crippen LogP contribution in [0.5, 0.6) is 0 Å². The van der Waals surface area contributed by atoms with E-state index in [1.54, 1.807) is 6.33 Å². The van der Waals surface area contributed by atoms with Gasteiger partial charge in [-0.25, -0.2) is 15.0 Å². The summed E-state index contributed by atoms with van der Waals surface area (Å²) in [4.78, 5) is 15.5. The molecule has 0 saturated heterocycles. The fourth-order valence-corrected chi connectivity index (χ4v) is 2.06. The molecular weight excluding hydrogens is 266 g/mol. The van der Waals surface area contributed by atoms with Crippen LogP contribution in [0, 0.1) is 0 Å². The van der Waals surface area contributed by atoms with E-state index >= 15 is 0 Å². The van der Waals surface area contributed by atoms with Gasteiger partial charge in [-0.1, -0.05) is 24.3 Å². The van der Waals surface area contributed by atoms with Crippen LogP contribution < -0.4 is 5.32 Å². The van der Waals surface area contributed by atoms with Gasteiger partial charge in [0, 0.05) is 13.2 Å². The molecule has 3 aromatic rings. The zero-order chi connectivity index (χ0) is 14.5. The molecule has 6 nitrogen and oxygen atoms in total. The molecule has 0 unspecified atom stereocenters. The maximum absolute atomic E-state index is 5.38. The summed E-state index contributed by atoms with van der Waals surface area (Å²) in [6.45, 7) is 4.08. The lowest BCUT2D eigenvalue weighted by molar-refractivity contribution is 0.134. The number of ether oxygens (including phenoxy) is 1. The molecule has 0 spiro atoms. The average Bonchev–Trinajstić information content (AvgIpc) is 3.01. The third-order valence-corrected chi connectivity index (χ3v) is 3.18. The number of fused-ring (bicyclic) bond motifs is 1. The zero-order valence-electron chi connectivity index (χ0n) is 11.8. The fraction of sp³-hybridized carbons (Fsp3) is 0.267. The van der Waals surface area contributed by atoms with Crippen LogP contribution in [0.25, 0.3) is 11.2 Å².